The molecule has 1 aliphatic heterocycles. The van der Waals surface area contributed by atoms with Crippen LogP contribution in [-0.4, -0.2) is 64.9 Å². The van der Waals surface area contributed by atoms with Crippen LogP contribution in [0.4, 0.5) is 8.78 Å². The maximum atomic E-state index is 15.0. The molecule has 2 aromatic heterocycles. The molecule has 6 N–H and O–H groups in total. The Bertz CT molecular complexity index is 1630. The Kier molecular flexibility index (Phi) is 7.28. The second-order valence-electron chi connectivity index (χ2n) is 10.0. The molecule has 1 fully saturated rings. The smallest absolute Gasteiger partial charge is 0.251 e. The van der Waals surface area contributed by atoms with Crippen LogP contribution in [0.25, 0.3) is 21.8 Å². The number of thiophene rings is 1. The number of nitrogens with zero attached hydrogens (tertiary/aromatic N) is 1. The van der Waals surface area contributed by atoms with Crippen molar-refractivity contribution in [1.29, 1.82) is 5.41 Å². The molecule has 12 heteroatoms. The largest absolute Gasteiger partial charge is 0.384 e. The normalized spacial score (nSPS) is 19.6. The summed E-state index contributed by atoms with van der Waals surface area (Å²) in [6, 6.07) is 12.7. The lowest BCUT2D eigenvalue weighted by Crippen LogP contribution is -2.49. The number of likely N-dealkylation sites (tertiary alicyclic amines) is 1. The van der Waals surface area contributed by atoms with Crippen molar-refractivity contribution >= 4 is 56.7 Å². The molecule has 3 heterocycles. The fourth-order valence-electron chi connectivity index (χ4n) is 4.98. The van der Waals surface area contributed by atoms with Crippen LogP contribution >= 0.6 is 11.3 Å². The van der Waals surface area contributed by atoms with Crippen molar-refractivity contribution in [2.45, 2.75) is 31.1 Å². The molecule has 1 aliphatic rings. The van der Waals surface area contributed by atoms with Crippen molar-refractivity contribution in [3.63, 3.8) is 0 Å². The Hall–Kier alpha value is -4.32. The highest BCUT2D eigenvalue weighted by Gasteiger charge is 2.49. The molecule has 0 spiro atoms. The van der Waals surface area contributed by atoms with Crippen LogP contribution in [0.15, 0.2) is 53.9 Å². The van der Waals surface area contributed by atoms with Crippen LogP contribution < -0.4 is 16.4 Å². The number of alkyl halides is 2. The number of amidine groups is 1. The van der Waals surface area contributed by atoms with Gasteiger partial charge in [-0.1, -0.05) is 18.2 Å². The predicted octanol–water partition coefficient (Wildman–Crippen LogP) is 3.55. The number of carbonyl (C=O) groups is 3. The van der Waals surface area contributed by atoms with Crippen molar-refractivity contribution in [3.8, 4) is 0 Å². The van der Waals surface area contributed by atoms with Gasteiger partial charge in [-0.2, -0.15) is 0 Å². The first kappa shape index (κ1) is 27.3. The number of H-pyrrole nitrogens is 1. The Labute approximate surface area is 232 Å². The van der Waals surface area contributed by atoms with Gasteiger partial charge >= 0.3 is 0 Å². The molecule has 0 radical (unpaired) electrons. The summed E-state index contributed by atoms with van der Waals surface area (Å²) in [6.45, 7) is -0.726. The number of halogens is 2. The van der Waals surface area contributed by atoms with Crippen LogP contribution in [0, 0.1) is 5.41 Å². The van der Waals surface area contributed by atoms with Gasteiger partial charge in [0.05, 0.1) is 19.1 Å². The van der Waals surface area contributed by atoms with E-state index < -0.39 is 61.7 Å². The second kappa shape index (κ2) is 10.7. The molecule has 2 aromatic carbocycles. The van der Waals surface area contributed by atoms with Gasteiger partial charge in [-0.3, -0.25) is 19.8 Å². The minimum Gasteiger partial charge on any atom is -0.384 e. The lowest BCUT2D eigenvalue weighted by atomic mass is 10.0. The summed E-state index contributed by atoms with van der Waals surface area (Å²) in [6.07, 6.45) is -0.498. The molecule has 40 heavy (non-hydrogen) atoms. The summed E-state index contributed by atoms with van der Waals surface area (Å²) in [5, 5.41) is 16.3. The van der Waals surface area contributed by atoms with Crippen LogP contribution in [0.2, 0.25) is 0 Å². The van der Waals surface area contributed by atoms with Gasteiger partial charge in [-0.05, 0) is 37.3 Å². The number of hydrogen-bond acceptors (Lipinski definition) is 5. The number of aromatic nitrogens is 1. The zero-order valence-electron chi connectivity index (χ0n) is 21.6. The fourth-order valence-corrected chi connectivity index (χ4v) is 5.90. The maximum absolute atomic E-state index is 15.0. The molecule has 0 saturated carbocycles. The fraction of sp³-hybridized carbons (Fsp3) is 0.286. The minimum absolute atomic E-state index is 0.109. The van der Waals surface area contributed by atoms with Crippen molar-refractivity contribution < 1.29 is 23.2 Å². The quantitative estimate of drug-likeness (QED) is 0.164. The van der Waals surface area contributed by atoms with E-state index in [1.807, 2.05) is 24.3 Å². The summed E-state index contributed by atoms with van der Waals surface area (Å²) in [5.41, 5.74) is 5.77. The van der Waals surface area contributed by atoms with E-state index in [2.05, 4.69) is 15.6 Å². The average molecular weight is 567 g/mol. The van der Waals surface area contributed by atoms with E-state index in [1.54, 1.807) is 36.6 Å². The van der Waals surface area contributed by atoms with Crippen LogP contribution in [0.5, 0.6) is 0 Å². The zero-order valence-corrected chi connectivity index (χ0v) is 22.4. The number of nitrogen functional groups attached to an aromatic ring is 1. The van der Waals surface area contributed by atoms with E-state index in [0.717, 1.165) is 26.7 Å². The number of aromatic amines is 1. The number of nitrogens with two attached hydrogens (primary N) is 1. The number of carbonyl (C=O) groups excluding carboxylic acids is 3. The molecule has 1 saturated heterocycles. The molecule has 208 valence electrons. The number of rotatable bonds is 8. The molecule has 3 amide bonds. The molecular weight excluding hydrogens is 538 g/mol. The number of para-hydroxylation sites is 1. The first-order chi connectivity index (χ1) is 19.1. The predicted molar refractivity (Wildman–Crippen MR) is 150 cm³/mol. The SMILES string of the molecule is C[C@@H](NC(=O)[C@@H]1C[C@](F)(CF)CN1C(=O)CNC(=O)c1ccc2[nH]c3ccccc3c2c1)c1cc(C(=N)N)cs1. The standard InChI is InChI=1S/C28H28F2N6O3S/c1-15(23-9-17(12-40-23)25(31)32)34-27(39)22-10-28(30,13-29)14-36(22)24(37)11-33-26(38)16-6-7-21-19(8-16)18-4-2-3-5-20(18)35-21/h2-9,12,15,22,35H,10-11,13-14H2,1H3,(H3,31,32)(H,33,38)(H,34,39)/t15-,22+,28+/m1/s1. The van der Waals surface area contributed by atoms with Crippen LogP contribution in [0.3, 0.4) is 0 Å². The van der Waals surface area contributed by atoms with Gasteiger partial charge in [0.2, 0.25) is 11.8 Å². The molecule has 0 bridgehead atoms. The topological polar surface area (TPSA) is 144 Å². The summed E-state index contributed by atoms with van der Waals surface area (Å²) < 4.78 is 28.6. The molecule has 9 nitrogen and oxygen atoms in total. The lowest BCUT2D eigenvalue weighted by Gasteiger charge is -2.25. The highest BCUT2D eigenvalue weighted by atomic mass is 32.1. The van der Waals surface area contributed by atoms with E-state index >= 15 is 4.39 Å². The van der Waals surface area contributed by atoms with E-state index in [-0.39, 0.29) is 5.84 Å². The van der Waals surface area contributed by atoms with E-state index in [0.29, 0.717) is 16.0 Å². The van der Waals surface area contributed by atoms with Crippen molar-refractivity contribution in [2.24, 2.45) is 5.73 Å². The third kappa shape index (κ3) is 5.26. The molecule has 4 aromatic rings. The second-order valence-corrected chi connectivity index (χ2v) is 11.0. The number of benzene rings is 2. The Morgan fingerprint density at radius 2 is 1.93 bits per heavy atom. The summed E-state index contributed by atoms with van der Waals surface area (Å²) in [5.74, 6) is -1.95. The lowest BCUT2D eigenvalue weighted by molar-refractivity contribution is -0.138. The Morgan fingerprint density at radius 3 is 2.65 bits per heavy atom. The summed E-state index contributed by atoms with van der Waals surface area (Å²) >= 11 is 1.29. The molecule has 5 rings (SSSR count). The molecular formula is C28H28F2N6O3S. The highest BCUT2D eigenvalue weighted by molar-refractivity contribution is 7.10. The van der Waals surface area contributed by atoms with Gasteiger partial charge in [-0.25, -0.2) is 8.78 Å². The van der Waals surface area contributed by atoms with Gasteiger partial charge in [-0.15, -0.1) is 11.3 Å². The van der Waals surface area contributed by atoms with Crippen LogP contribution in [0.1, 0.15) is 40.2 Å². The first-order valence-corrected chi connectivity index (χ1v) is 13.5. The summed E-state index contributed by atoms with van der Waals surface area (Å²) in [7, 11) is 0. The third-order valence-electron chi connectivity index (χ3n) is 7.14. The Morgan fingerprint density at radius 1 is 1.18 bits per heavy atom. The molecule has 0 aliphatic carbocycles. The van der Waals surface area contributed by atoms with E-state index in [9.17, 15) is 18.8 Å². The van der Waals surface area contributed by atoms with Gasteiger partial charge in [0.25, 0.3) is 5.91 Å². The number of hydrogen-bond donors (Lipinski definition) is 5. The zero-order chi connectivity index (χ0) is 28.6. The molecule has 3 atom stereocenters. The minimum atomic E-state index is -2.37. The number of nitrogens with one attached hydrogen (secondary N) is 4. The third-order valence-corrected chi connectivity index (χ3v) is 8.25. The van der Waals surface area contributed by atoms with Gasteiger partial charge in [0.15, 0.2) is 5.67 Å². The molecule has 0 unspecified atom stereocenters. The van der Waals surface area contributed by atoms with Crippen molar-refractivity contribution in [3.05, 3.63) is 69.9 Å². The first-order valence-electron chi connectivity index (χ1n) is 12.6. The van der Waals surface area contributed by atoms with Crippen molar-refractivity contribution in [1.82, 2.24) is 20.5 Å². The van der Waals surface area contributed by atoms with Gasteiger partial charge in [0, 0.05) is 49.6 Å². The number of amides is 3. The van der Waals surface area contributed by atoms with E-state index in [4.69, 9.17) is 11.1 Å². The highest BCUT2D eigenvalue weighted by Crippen LogP contribution is 2.32. The monoisotopic (exact) mass is 566 g/mol. The van der Waals surface area contributed by atoms with Gasteiger partial charge in [0.1, 0.15) is 18.6 Å². The van der Waals surface area contributed by atoms with Crippen molar-refractivity contribution in [2.75, 3.05) is 19.8 Å². The van der Waals surface area contributed by atoms with Crippen LogP contribution in [-0.2, 0) is 9.59 Å². The van der Waals surface area contributed by atoms with E-state index in [1.165, 1.54) is 11.3 Å². The maximum Gasteiger partial charge on any atom is 0.251 e. The number of fused-ring (bicyclic) bond motifs is 3. The Balaban J connectivity index is 1.27. The average Bonchev–Trinajstić information content (AvgIpc) is 3.67. The summed E-state index contributed by atoms with van der Waals surface area (Å²) in [4.78, 5) is 44.1. The van der Waals surface area contributed by atoms with Gasteiger partial charge < -0.3 is 26.3 Å².